The number of nitrogens with zero attached hydrogens (tertiary/aromatic N) is 2. The first-order valence-corrected chi connectivity index (χ1v) is 7.72. The number of hydrogen-bond acceptors (Lipinski definition) is 4. The molecule has 2 heterocycles. The highest BCUT2D eigenvalue weighted by Gasteiger charge is 2.39. The topological polar surface area (TPSA) is 57.3 Å². The third-order valence-electron chi connectivity index (χ3n) is 4.09. The van der Waals surface area contributed by atoms with Crippen molar-refractivity contribution in [3.8, 4) is 0 Å². The van der Waals surface area contributed by atoms with Gasteiger partial charge in [-0.2, -0.15) is 0 Å². The van der Waals surface area contributed by atoms with Crippen LogP contribution >= 0.6 is 0 Å². The minimum atomic E-state index is -0.578. The van der Waals surface area contributed by atoms with Crippen LogP contribution in [0, 0.1) is 0 Å². The Kier molecular flexibility index (Phi) is 4.83. The van der Waals surface area contributed by atoms with E-state index in [-0.39, 0.29) is 11.9 Å². The first-order chi connectivity index (χ1) is 9.98. The lowest BCUT2D eigenvalue weighted by molar-refractivity contribution is -0.126. The van der Waals surface area contributed by atoms with Gasteiger partial charge in [0.2, 0.25) is 5.91 Å². The number of pyridine rings is 1. The van der Waals surface area contributed by atoms with Gasteiger partial charge in [0, 0.05) is 30.9 Å². The van der Waals surface area contributed by atoms with Crippen LogP contribution in [0.4, 0.5) is 5.82 Å². The lowest BCUT2D eigenvalue weighted by atomic mass is 9.97. The largest absolute Gasteiger partial charge is 0.352 e. The normalized spacial score (nSPS) is 19.2. The van der Waals surface area contributed by atoms with Crippen molar-refractivity contribution < 1.29 is 4.79 Å². The summed E-state index contributed by atoms with van der Waals surface area (Å²) in [7, 11) is 0. The van der Waals surface area contributed by atoms with Gasteiger partial charge in [0.25, 0.3) is 0 Å². The number of nitrogens with one attached hydrogen (secondary N) is 2. The number of anilines is 1. The number of carbonyl (C=O) groups is 1. The molecule has 1 atom stereocenters. The van der Waals surface area contributed by atoms with Gasteiger partial charge in [0.15, 0.2) is 0 Å². The summed E-state index contributed by atoms with van der Waals surface area (Å²) < 4.78 is 0. The van der Waals surface area contributed by atoms with E-state index in [0.29, 0.717) is 6.54 Å². The maximum absolute atomic E-state index is 12.2. The summed E-state index contributed by atoms with van der Waals surface area (Å²) in [5.74, 6) is 0.966. The van der Waals surface area contributed by atoms with E-state index < -0.39 is 5.54 Å². The molecule has 0 radical (unpaired) electrons. The molecule has 1 saturated heterocycles. The van der Waals surface area contributed by atoms with Crippen molar-refractivity contribution in [3.05, 3.63) is 23.9 Å². The van der Waals surface area contributed by atoms with Gasteiger partial charge in [-0.3, -0.25) is 4.79 Å². The molecule has 21 heavy (non-hydrogen) atoms. The summed E-state index contributed by atoms with van der Waals surface area (Å²) >= 11 is 0. The monoisotopic (exact) mass is 290 g/mol. The third kappa shape index (κ3) is 3.18. The van der Waals surface area contributed by atoms with Crippen LogP contribution in [0.3, 0.4) is 0 Å². The molecule has 116 valence electrons. The van der Waals surface area contributed by atoms with Crippen LogP contribution in [0.25, 0.3) is 0 Å². The molecule has 1 unspecified atom stereocenters. The number of amides is 1. The van der Waals surface area contributed by atoms with Crippen molar-refractivity contribution in [2.45, 2.75) is 45.7 Å². The summed E-state index contributed by atoms with van der Waals surface area (Å²) in [5.41, 5.74) is 0.569. The predicted molar refractivity (Wildman–Crippen MR) is 85.4 cm³/mol. The van der Waals surface area contributed by atoms with Crippen molar-refractivity contribution >= 4 is 11.7 Å². The maximum atomic E-state index is 12.2. The Balaban J connectivity index is 2.33. The lowest BCUT2D eigenvalue weighted by Gasteiger charge is -2.43. The second kappa shape index (κ2) is 6.43. The zero-order valence-corrected chi connectivity index (χ0v) is 13.4. The second-order valence-electron chi connectivity index (χ2n) is 6.06. The summed E-state index contributed by atoms with van der Waals surface area (Å²) in [6.07, 6.45) is 2.89. The second-order valence-corrected chi connectivity index (χ2v) is 6.06. The van der Waals surface area contributed by atoms with Gasteiger partial charge < -0.3 is 15.5 Å². The van der Waals surface area contributed by atoms with Gasteiger partial charge in [-0.1, -0.05) is 13.0 Å². The lowest BCUT2D eigenvalue weighted by Crippen LogP contribution is -2.62. The predicted octanol–water partition coefficient (Wildman–Crippen LogP) is 1.86. The number of rotatable bonds is 5. The van der Waals surface area contributed by atoms with Gasteiger partial charge in [0.05, 0.1) is 0 Å². The molecule has 1 aliphatic heterocycles. The summed E-state index contributed by atoms with van der Waals surface area (Å²) in [6, 6.07) is 4.27. The molecular weight excluding hydrogens is 264 g/mol. The van der Waals surface area contributed by atoms with Crippen LogP contribution in [0.2, 0.25) is 0 Å². The van der Waals surface area contributed by atoms with E-state index in [9.17, 15) is 4.79 Å². The fourth-order valence-electron chi connectivity index (χ4n) is 2.71. The van der Waals surface area contributed by atoms with E-state index in [1.54, 1.807) is 6.20 Å². The van der Waals surface area contributed by atoms with Gasteiger partial charge in [-0.05, 0) is 39.8 Å². The van der Waals surface area contributed by atoms with Crippen molar-refractivity contribution in [1.29, 1.82) is 0 Å². The van der Waals surface area contributed by atoms with E-state index in [1.165, 1.54) is 0 Å². The Hall–Kier alpha value is -1.62. The Morgan fingerprint density at radius 2 is 2.29 bits per heavy atom. The fourth-order valence-corrected chi connectivity index (χ4v) is 2.71. The van der Waals surface area contributed by atoms with Crippen LogP contribution in [-0.2, 0) is 4.79 Å². The molecular formula is C16H26N4O. The molecule has 5 heteroatoms. The van der Waals surface area contributed by atoms with Gasteiger partial charge in [-0.25, -0.2) is 4.98 Å². The van der Waals surface area contributed by atoms with Gasteiger partial charge >= 0.3 is 0 Å². The molecule has 0 aliphatic carbocycles. The SMILES string of the molecule is CCCNC(C)c1cccnc1N1CCNC(=O)C1(C)C. The van der Waals surface area contributed by atoms with E-state index in [1.807, 2.05) is 19.9 Å². The number of hydrogen-bond donors (Lipinski definition) is 2. The minimum Gasteiger partial charge on any atom is -0.352 e. The number of carbonyl (C=O) groups excluding carboxylic acids is 1. The Morgan fingerprint density at radius 1 is 1.52 bits per heavy atom. The van der Waals surface area contributed by atoms with Crippen molar-refractivity contribution in [2.24, 2.45) is 0 Å². The summed E-state index contributed by atoms with van der Waals surface area (Å²) in [6.45, 7) is 10.6. The highest BCUT2D eigenvalue weighted by molar-refractivity contribution is 5.90. The van der Waals surface area contributed by atoms with E-state index in [2.05, 4.69) is 40.4 Å². The van der Waals surface area contributed by atoms with E-state index in [4.69, 9.17) is 0 Å². The van der Waals surface area contributed by atoms with Crippen LogP contribution in [0.15, 0.2) is 18.3 Å². The maximum Gasteiger partial charge on any atom is 0.245 e. The van der Waals surface area contributed by atoms with Crippen molar-refractivity contribution in [1.82, 2.24) is 15.6 Å². The van der Waals surface area contributed by atoms with Gasteiger partial charge in [0.1, 0.15) is 11.4 Å². The molecule has 1 aromatic heterocycles. The molecule has 0 bridgehead atoms. The molecule has 0 aromatic carbocycles. The molecule has 1 aliphatic rings. The van der Waals surface area contributed by atoms with Crippen molar-refractivity contribution in [2.75, 3.05) is 24.5 Å². The first kappa shape index (κ1) is 15.8. The summed E-state index contributed by atoms with van der Waals surface area (Å²) in [5, 5.41) is 6.43. The molecule has 1 amide bonds. The minimum absolute atomic E-state index is 0.0551. The van der Waals surface area contributed by atoms with Crippen LogP contribution in [0.5, 0.6) is 0 Å². The fraction of sp³-hybridized carbons (Fsp3) is 0.625. The molecule has 1 fully saturated rings. The first-order valence-electron chi connectivity index (χ1n) is 7.72. The molecule has 0 spiro atoms. The summed E-state index contributed by atoms with van der Waals surface area (Å²) in [4.78, 5) is 18.8. The average molecular weight is 290 g/mol. The highest BCUT2D eigenvalue weighted by Crippen LogP contribution is 2.30. The molecule has 1 aromatic rings. The van der Waals surface area contributed by atoms with Crippen LogP contribution in [-0.4, -0.2) is 36.1 Å². The standard InChI is InChI=1S/C16H26N4O/c1-5-8-17-12(2)13-7-6-9-18-14(13)20-11-10-19-15(21)16(20,3)4/h6-7,9,12,17H,5,8,10-11H2,1-4H3,(H,19,21). The smallest absolute Gasteiger partial charge is 0.245 e. The average Bonchev–Trinajstić information content (AvgIpc) is 2.47. The number of piperazine rings is 1. The molecule has 2 rings (SSSR count). The zero-order chi connectivity index (χ0) is 15.5. The molecule has 0 saturated carbocycles. The molecule has 5 nitrogen and oxygen atoms in total. The highest BCUT2D eigenvalue weighted by atomic mass is 16.2. The van der Waals surface area contributed by atoms with Crippen molar-refractivity contribution in [3.63, 3.8) is 0 Å². The van der Waals surface area contributed by atoms with Crippen LogP contribution in [0.1, 0.15) is 45.7 Å². The van der Waals surface area contributed by atoms with Crippen LogP contribution < -0.4 is 15.5 Å². The third-order valence-corrected chi connectivity index (χ3v) is 4.09. The Morgan fingerprint density at radius 3 is 3.00 bits per heavy atom. The van der Waals surface area contributed by atoms with E-state index >= 15 is 0 Å². The molecule has 2 N–H and O–H groups in total. The quantitative estimate of drug-likeness (QED) is 0.869. The van der Waals surface area contributed by atoms with Gasteiger partial charge in [-0.15, -0.1) is 0 Å². The number of aromatic nitrogens is 1. The zero-order valence-electron chi connectivity index (χ0n) is 13.4. The van der Waals surface area contributed by atoms with E-state index in [0.717, 1.165) is 30.9 Å². The Bertz CT molecular complexity index is 501. The Labute approximate surface area is 127 Å².